The smallest absolute Gasteiger partial charge is 0.147 e. The highest BCUT2D eigenvalue weighted by Crippen LogP contribution is 2.47. The molecule has 0 saturated heterocycles. The predicted molar refractivity (Wildman–Crippen MR) is 213 cm³/mol. The molecule has 2 atom stereocenters. The van der Waals surface area contributed by atoms with Crippen LogP contribution in [0.1, 0.15) is 25.0 Å². The molecule has 0 aliphatic rings. The van der Waals surface area contributed by atoms with E-state index in [1.54, 1.807) is 0 Å². The summed E-state index contributed by atoms with van der Waals surface area (Å²) in [5.74, 6) is 2.40. The molecule has 0 amide bonds. The molecule has 0 bridgehead atoms. The Bertz CT molecular complexity index is 1550. The van der Waals surface area contributed by atoms with Crippen molar-refractivity contribution in [2.75, 3.05) is 26.4 Å². The number of aliphatic hydroxyl groups is 2. The molecule has 6 nitrogen and oxygen atoms in total. The number of hydrogen-bond donors (Lipinski definition) is 2. The molecule has 0 aliphatic heterocycles. The molecular formula is C33H28Br8O6. The van der Waals surface area contributed by atoms with E-state index < -0.39 is 17.6 Å². The Morgan fingerprint density at radius 1 is 0.489 bits per heavy atom. The van der Waals surface area contributed by atoms with Gasteiger partial charge in [-0.2, -0.15) is 0 Å². The van der Waals surface area contributed by atoms with Crippen LogP contribution in [0.4, 0.5) is 0 Å². The van der Waals surface area contributed by atoms with Gasteiger partial charge in [0.1, 0.15) is 61.6 Å². The van der Waals surface area contributed by atoms with Crippen molar-refractivity contribution in [1.82, 2.24) is 0 Å². The first-order chi connectivity index (χ1) is 22.2. The summed E-state index contributed by atoms with van der Waals surface area (Å²) in [7, 11) is 0. The highest BCUT2D eigenvalue weighted by molar-refractivity contribution is 9.13. The maximum Gasteiger partial charge on any atom is 0.147 e. The summed E-state index contributed by atoms with van der Waals surface area (Å²) < 4.78 is 29.8. The van der Waals surface area contributed by atoms with Gasteiger partial charge in [0.25, 0.3) is 0 Å². The predicted octanol–water partition coefficient (Wildman–Crippen LogP) is 11.7. The first-order valence-corrected chi connectivity index (χ1v) is 20.3. The monoisotopic (exact) mass is 1150 g/mol. The van der Waals surface area contributed by atoms with Crippen molar-refractivity contribution in [2.45, 2.75) is 31.5 Å². The molecule has 0 saturated carbocycles. The Balaban J connectivity index is 1.39. The summed E-state index contributed by atoms with van der Waals surface area (Å²) in [4.78, 5) is 0. The Hall–Kier alpha value is -0.160. The van der Waals surface area contributed by atoms with E-state index in [1.807, 2.05) is 60.7 Å². The number of ether oxygens (including phenoxy) is 4. The number of halogens is 8. The van der Waals surface area contributed by atoms with E-state index in [1.165, 1.54) is 0 Å². The summed E-state index contributed by atoms with van der Waals surface area (Å²) in [6.45, 7) is 4.44. The van der Waals surface area contributed by atoms with Crippen LogP contribution in [0.3, 0.4) is 0 Å². The standard InChI is InChI=1S/C33H28Br8O6/c1-33(2,19-9-11-25(29(40)27(19)38)44-13-17(42)15-46-31-21(34)5-3-6-22(31)35)20-10-12-26(30(41)28(20)39)45-14-18(43)16-47-32-23(36)7-4-8-24(32)37/h3-12,17-18,42-43H,13-16H2,1-2H3. The van der Waals surface area contributed by atoms with E-state index in [4.69, 9.17) is 18.9 Å². The lowest BCUT2D eigenvalue weighted by atomic mass is 9.78. The molecule has 0 spiro atoms. The third kappa shape index (κ3) is 10.0. The third-order valence-corrected chi connectivity index (χ3v) is 13.8. The summed E-state index contributed by atoms with van der Waals surface area (Å²) in [5, 5.41) is 21.1. The Kier molecular flexibility index (Phi) is 15.1. The number of hydrogen-bond acceptors (Lipinski definition) is 6. The van der Waals surface area contributed by atoms with Gasteiger partial charge in [-0.15, -0.1) is 0 Å². The first-order valence-electron chi connectivity index (χ1n) is 13.9. The van der Waals surface area contributed by atoms with E-state index in [0.29, 0.717) is 23.0 Å². The van der Waals surface area contributed by atoms with Gasteiger partial charge in [0.2, 0.25) is 0 Å². The number of benzene rings is 4. The molecule has 0 fully saturated rings. The summed E-state index contributed by atoms with van der Waals surface area (Å²) in [5.41, 5.74) is 1.55. The number of aliphatic hydroxyl groups excluding tert-OH is 2. The molecule has 2 N–H and O–H groups in total. The van der Waals surface area contributed by atoms with E-state index >= 15 is 0 Å². The minimum absolute atomic E-state index is 0.0397. The fourth-order valence-corrected chi connectivity index (χ4v) is 9.49. The average molecular weight is 1160 g/mol. The van der Waals surface area contributed by atoms with Crippen molar-refractivity contribution in [3.05, 3.63) is 108 Å². The van der Waals surface area contributed by atoms with Crippen LogP contribution in [0.5, 0.6) is 23.0 Å². The lowest BCUT2D eigenvalue weighted by Gasteiger charge is -2.30. The molecule has 4 aromatic rings. The van der Waals surface area contributed by atoms with E-state index in [9.17, 15) is 10.2 Å². The van der Waals surface area contributed by atoms with Crippen LogP contribution < -0.4 is 18.9 Å². The normalized spacial score (nSPS) is 12.9. The van der Waals surface area contributed by atoms with E-state index in [0.717, 1.165) is 46.9 Å². The number of para-hydroxylation sites is 2. The minimum atomic E-state index is -0.855. The minimum Gasteiger partial charge on any atom is -0.490 e. The van der Waals surface area contributed by atoms with Gasteiger partial charge in [-0.05, 0) is 175 Å². The van der Waals surface area contributed by atoms with Crippen LogP contribution in [-0.2, 0) is 5.41 Å². The van der Waals surface area contributed by atoms with Crippen LogP contribution in [0.25, 0.3) is 0 Å². The molecular weight excluding hydrogens is 1130 g/mol. The molecule has 14 heteroatoms. The molecule has 2 unspecified atom stereocenters. The summed E-state index contributed by atoms with van der Waals surface area (Å²) in [6.07, 6.45) is -1.71. The van der Waals surface area contributed by atoms with Crippen LogP contribution in [0.15, 0.2) is 96.4 Å². The quantitative estimate of drug-likeness (QED) is 0.131. The first kappa shape index (κ1) is 39.6. The second kappa shape index (κ2) is 17.9. The van der Waals surface area contributed by atoms with E-state index in [2.05, 4.69) is 141 Å². The van der Waals surface area contributed by atoms with Crippen molar-refractivity contribution >= 4 is 127 Å². The van der Waals surface area contributed by atoms with Crippen LogP contribution in [-0.4, -0.2) is 48.8 Å². The molecule has 0 aliphatic carbocycles. The SMILES string of the molecule is CC(C)(c1ccc(OCC(O)COc2c(Br)cccc2Br)c(Br)c1Br)c1ccc(OCC(O)COc2c(Br)cccc2Br)c(Br)c1Br. The van der Waals surface area contributed by atoms with Gasteiger partial charge in [-0.1, -0.05) is 38.1 Å². The molecule has 4 aromatic carbocycles. The molecule has 0 heterocycles. The second-order valence-electron chi connectivity index (χ2n) is 10.8. The van der Waals surface area contributed by atoms with Gasteiger partial charge in [-0.3, -0.25) is 0 Å². The molecule has 0 aromatic heterocycles. The Labute approximate surface area is 341 Å². The Morgan fingerprint density at radius 2 is 0.809 bits per heavy atom. The zero-order valence-electron chi connectivity index (χ0n) is 24.8. The van der Waals surface area contributed by atoms with Gasteiger partial charge >= 0.3 is 0 Å². The third-order valence-electron chi connectivity index (χ3n) is 6.98. The fourth-order valence-electron chi connectivity index (χ4n) is 4.46. The second-order valence-corrected chi connectivity index (χ2v) is 17.3. The highest BCUT2D eigenvalue weighted by atomic mass is 79.9. The lowest BCUT2D eigenvalue weighted by molar-refractivity contribution is 0.0618. The largest absolute Gasteiger partial charge is 0.490 e. The highest BCUT2D eigenvalue weighted by Gasteiger charge is 2.31. The maximum atomic E-state index is 10.5. The molecule has 0 radical (unpaired) electrons. The summed E-state index contributed by atoms with van der Waals surface area (Å²) in [6, 6.07) is 19.0. The van der Waals surface area contributed by atoms with Gasteiger partial charge < -0.3 is 29.2 Å². The van der Waals surface area contributed by atoms with Gasteiger partial charge in [0.05, 0.1) is 26.8 Å². The van der Waals surface area contributed by atoms with Crippen LogP contribution in [0.2, 0.25) is 0 Å². The maximum absolute atomic E-state index is 10.5. The van der Waals surface area contributed by atoms with Crippen molar-refractivity contribution in [1.29, 1.82) is 0 Å². The van der Waals surface area contributed by atoms with Crippen LogP contribution >= 0.6 is 127 Å². The van der Waals surface area contributed by atoms with Crippen molar-refractivity contribution in [3.63, 3.8) is 0 Å². The van der Waals surface area contributed by atoms with Crippen molar-refractivity contribution in [3.8, 4) is 23.0 Å². The summed E-state index contributed by atoms with van der Waals surface area (Å²) >= 11 is 28.7. The number of rotatable bonds is 14. The van der Waals surface area contributed by atoms with Crippen molar-refractivity contribution < 1.29 is 29.2 Å². The van der Waals surface area contributed by atoms with Crippen molar-refractivity contribution in [2.24, 2.45) is 0 Å². The zero-order valence-corrected chi connectivity index (χ0v) is 37.5. The molecule has 252 valence electrons. The van der Waals surface area contributed by atoms with Gasteiger partial charge in [0, 0.05) is 14.4 Å². The van der Waals surface area contributed by atoms with Gasteiger partial charge in [-0.25, -0.2) is 0 Å². The molecule has 47 heavy (non-hydrogen) atoms. The van der Waals surface area contributed by atoms with Crippen LogP contribution in [0, 0.1) is 0 Å². The lowest BCUT2D eigenvalue weighted by Crippen LogP contribution is -2.26. The topological polar surface area (TPSA) is 77.4 Å². The van der Waals surface area contributed by atoms with E-state index in [-0.39, 0.29) is 26.4 Å². The Morgan fingerprint density at radius 3 is 1.15 bits per heavy atom. The molecule has 4 rings (SSSR count). The zero-order chi connectivity index (χ0) is 34.5. The van der Waals surface area contributed by atoms with Gasteiger partial charge in [0.15, 0.2) is 0 Å². The average Bonchev–Trinajstić information content (AvgIpc) is 3.01. The fraction of sp³-hybridized carbons (Fsp3) is 0.273.